The van der Waals surface area contributed by atoms with E-state index in [-0.39, 0.29) is 6.54 Å². The Balaban J connectivity index is 2.41. The predicted molar refractivity (Wildman–Crippen MR) is 74.9 cm³/mol. The second-order valence-corrected chi connectivity index (χ2v) is 6.21. The maximum atomic E-state index is 13.9. The van der Waals surface area contributed by atoms with Gasteiger partial charge in [0.1, 0.15) is 17.0 Å². The van der Waals surface area contributed by atoms with Gasteiger partial charge in [0, 0.05) is 7.05 Å². The highest BCUT2D eigenvalue weighted by atomic mass is 32.2. The summed E-state index contributed by atoms with van der Waals surface area (Å²) in [7, 11) is -1.53. The van der Waals surface area contributed by atoms with E-state index in [9.17, 15) is 17.6 Å². The van der Waals surface area contributed by atoms with Gasteiger partial charge in [-0.15, -0.1) is 10.2 Å². The molecule has 0 atom stereocenters. The van der Waals surface area contributed by atoms with Gasteiger partial charge in [-0.2, -0.15) is 0 Å². The average molecular weight is 344 g/mol. The summed E-state index contributed by atoms with van der Waals surface area (Å²) >= 11 is 0. The van der Waals surface area contributed by atoms with Gasteiger partial charge in [0.15, 0.2) is 11.6 Å². The summed E-state index contributed by atoms with van der Waals surface area (Å²) in [4.78, 5) is 10.4. The van der Waals surface area contributed by atoms with Gasteiger partial charge in [-0.1, -0.05) is 0 Å². The van der Waals surface area contributed by atoms with Gasteiger partial charge in [-0.3, -0.25) is 0 Å². The Morgan fingerprint density at radius 1 is 1.48 bits per heavy atom. The maximum absolute atomic E-state index is 13.9. The van der Waals surface area contributed by atoms with Crippen molar-refractivity contribution in [2.24, 2.45) is 7.05 Å². The zero-order valence-electron chi connectivity index (χ0n) is 12.1. The Morgan fingerprint density at radius 2 is 2.17 bits per heavy atom. The van der Waals surface area contributed by atoms with Crippen LogP contribution in [0.5, 0.6) is 5.75 Å². The van der Waals surface area contributed by atoms with Crippen LogP contribution in [0.3, 0.4) is 0 Å². The van der Waals surface area contributed by atoms with Crippen LogP contribution in [0.2, 0.25) is 0 Å². The minimum atomic E-state index is -4.23. The highest BCUT2D eigenvalue weighted by Gasteiger charge is 2.25. The molecular formula is C12H13FN4O5S. The number of aryl methyl sites for hydroxylation is 1. The molecular weight excluding hydrogens is 331 g/mol. The maximum Gasteiger partial charge on any atom is 0.335 e. The molecule has 0 bridgehead atoms. The number of nitrogens with one attached hydrogen (secondary N) is 1. The predicted octanol–water partition coefficient (Wildman–Crippen LogP) is 0.139. The molecule has 9 nitrogen and oxygen atoms in total. The molecule has 0 spiro atoms. The molecule has 0 radical (unpaired) electrons. The van der Waals surface area contributed by atoms with Crippen LogP contribution in [0, 0.1) is 5.82 Å². The molecule has 0 aliphatic heterocycles. The van der Waals surface area contributed by atoms with Crippen LogP contribution in [0.25, 0.3) is 0 Å². The van der Waals surface area contributed by atoms with Gasteiger partial charge >= 0.3 is 5.97 Å². The van der Waals surface area contributed by atoms with Gasteiger partial charge < -0.3 is 14.4 Å². The topological polar surface area (TPSA) is 123 Å². The number of nitrogens with zero attached hydrogens (tertiary/aromatic N) is 3. The first kappa shape index (κ1) is 16.8. The number of methoxy groups -OCH3 is 1. The van der Waals surface area contributed by atoms with Crippen molar-refractivity contribution >= 4 is 16.0 Å². The van der Waals surface area contributed by atoms with E-state index in [1.54, 1.807) is 7.05 Å². The van der Waals surface area contributed by atoms with Crippen molar-refractivity contribution in [1.29, 1.82) is 0 Å². The van der Waals surface area contributed by atoms with Gasteiger partial charge in [-0.25, -0.2) is 22.3 Å². The summed E-state index contributed by atoms with van der Waals surface area (Å²) in [6.45, 7) is -0.207. The molecule has 1 aromatic heterocycles. The normalized spacial score (nSPS) is 11.4. The van der Waals surface area contributed by atoms with Crippen LogP contribution in [0.1, 0.15) is 16.2 Å². The van der Waals surface area contributed by atoms with E-state index >= 15 is 0 Å². The van der Waals surface area contributed by atoms with Gasteiger partial charge in [0.05, 0.1) is 19.2 Å². The van der Waals surface area contributed by atoms with E-state index in [2.05, 4.69) is 14.9 Å². The monoisotopic (exact) mass is 344 g/mol. The Morgan fingerprint density at radius 3 is 2.70 bits per heavy atom. The molecule has 2 rings (SSSR count). The molecule has 1 aromatic carbocycles. The molecule has 0 aliphatic rings. The summed E-state index contributed by atoms with van der Waals surface area (Å²) in [6, 6.07) is 1.51. The number of hydrogen-bond donors (Lipinski definition) is 2. The summed E-state index contributed by atoms with van der Waals surface area (Å²) in [5.41, 5.74) is -0.512. The largest absolute Gasteiger partial charge is 0.492 e. The third kappa shape index (κ3) is 3.46. The number of aromatic nitrogens is 3. The van der Waals surface area contributed by atoms with E-state index in [0.717, 1.165) is 13.2 Å². The molecule has 0 unspecified atom stereocenters. The van der Waals surface area contributed by atoms with Crippen LogP contribution >= 0.6 is 0 Å². The van der Waals surface area contributed by atoms with Crippen LogP contribution < -0.4 is 9.46 Å². The van der Waals surface area contributed by atoms with E-state index in [0.29, 0.717) is 11.9 Å². The molecule has 0 fully saturated rings. The van der Waals surface area contributed by atoms with Gasteiger partial charge in [0.2, 0.25) is 10.0 Å². The van der Waals surface area contributed by atoms with Crippen LogP contribution in [-0.2, 0) is 23.6 Å². The molecule has 2 N–H and O–H groups in total. The number of ether oxygens (including phenoxy) is 1. The van der Waals surface area contributed by atoms with Crippen molar-refractivity contribution in [3.63, 3.8) is 0 Å². The zero-order valence-corrected chi connectivity index (χ0v) is 13.0. The third-order valence-electron chi connectivity index (χ3n) is 2.98. The summed E-state index contributed by atoms with van der Waals surface area (Å²) in [5, 5.41) is 16.2. The number of halogens is 1. The van der Waals surface area contributed by atoms with Crippen molar-refractivity contribution < 1.29 is 27.4 Å². The minimum absolute atomic E-state index is 0.207. The fraction of sp³-hybridized carbons (Fsp3) is 0.250. The Bertz CT molecular complexity index is 849. The number of aromatic carboxylic acids is 1. The molecule has 0 saturated heterocycles. The lowest BCUT2D eigenvalue weighted by atomic mass is 10.2. The number of rotatable bonds is 6. The lowest BCUT2D eigenvalue weighted by Crippen LogP contribution is -2.25. The smallest absolute Gasteiger partial charge is 0.335 e. The Kier molecular flexibility index (Phi) is 4.61. The Labute approximate surface area is 130 Å². The SMILES string of the molecule is COc1c(F)cc(C(=O)O)cc1S(=O)(=O)NCc1nncn1C. The summed E-state index contributed by atoms with van der Waals surface area (Å²) in [6.07, 6.45) is 1.38. The average Bonchev–Trinajstić information content (AvgIpc) is 2.89. The number of carbonyl (C=O) groups is 1. The molecule has 0 aliphatic carbocycles. The quantitative estimate of drug-likeness (QED) is 0.764. The molecule has 23 heavy (non-hydrogen) atoms. The zero-order chi connectivity index (χ0) is 17.2. The highest BCUT2D eigenvalue weighted by molar-refractivity contribution is 7.89. The number of hydrogen-bond acceptors (Lipinski definition) is 6. The number of sulfonamides is 1. The minimum Gasteiger partial charge on any atom is -0.492 e. The van der Waals surface area contributed by atoms with Crippen LogP contribution in [0.4, 0.5) is 4.39 Å². The standard InChI is InChI=1S/C12H13FN4O5S/c1-17-6-14-16-10(17)5-15-23(20,21)9-4-7(12(18)19)3-8(13)11(9)22-2/h3-4,6,15H,5H2,1-2H3,(H,18,19). The highest BCUT2D eigenvalue weighted by Crippen LogP contribution is 2.28. The second-order valence-electron chi connectivity index (χ2n) is 4.48. The number of carboxylic acids is 1. The first-order valence-corrected chi connectivity index (χ1v) is 7.68. The fourth-order valence-corrected chi connectivity index (χ4v) is 2.98. The van der Waals surface area contributed by atoms with Crippen molar-refractivity contribution in [2.45, 2.75) is 11.4 Å². The molecule has 1 heterocycles. The van der Waals surface area contributed by atoms with E-state index < -0.39 is 38.0 Å². The molecule has 2 aromatic rings. The second kappa shape index (κ2) is 6.30. The number of benzene rings is 1. The lowest BCUT2D eigenvalue weighted by molar-refractivity contribution is 0.0696. The summed E-state index contributed by atoms with van der Waals surface area (Å²) < 4.78 is 47.0. The lowest BCUT2D eigenvalue weighted by Gasteiger charge is -2.12. The van der Waals surface area contributed by atoms with Gasteiger partial charge in [0.25, 0.3) is 0 Å². The van der Waals surface area contributed by atoms with Crippen molar-refractivity contribution in [1.82, 2.24) is 19.5 Å². The summed E-state index contributed by atoms with van der Waals surface area (Å²) in [5.74, 6) is -2.80. The Hall–Kier alpha value is -2.53. The van der Waals surface area contributed by atoms with E-state index in [1.807, 2.05) is 0 Å². The van der Waals surface area contributed by atoms with Gasteiger partial charge in [-0.05, 0) is 12.1 Å². The molecule has 124 valence electrons. The van der Waals surface area contributed by atoms with Crippen LogP contribution in [0.15, 0.2) is 23.4 Å². The molecule has 11 heteroatoms. The van der Waals surface area contributed by atoms with Crippen LogP contribution in [-0.4, -0.2) is 41.4 Å². The third-order valence-corrected chi connectivity index (χ3v) is 4.38. The van der Waals surface area contributed by atoms with E-state index in [4.69, 9.17) is 9.84 Å². The first-order valence-electron chi connectivity index (χ1n) is 6.19. The molecule has 0 saturated carbocycles. The van der Waals surface area contributed by atoms with Crippen molar-refractivity contribution in [3.05, 3.63) is 35.7 Å². The first-order chi connectivity index (χ1) is 10.8. The number of carboxylic acid groups (broad SMARTS) is 1. The van der Waals surface area contributed by atoms with E-state index in [1.165, 1.54) is 10.9 Å². The fourth-order valence-electron chi connectivity index (χ4n) is 1.79. The molecule has 0 amide bonds. The van der Waals surface area contributed by atoms with Crippen molar-refractivity contribution in [3.8, 4) is 5.75 Å². The van der Waals surface area contributed by atoms with Crippen molar-refractivity contribution in [2.75, 3.05) is 7.11 Å².